The standard InChI is InChI=1S/C26H24FNO5/c1-32-24-13-12-20(18-8-2-3-9-19(18)24)25(30)28-14-6-7-17(15-28)26(31)33-16-23(29)21-10-4-5-11-22(21)27/h2-5,8-13,17H,6-7,14-16H2,1H3/t17-/m0/s1. The van der Waals surface area contributed by atoms with E-state index in [1.807, 2.05) is 24.3 Å². The Bertz CT molecular complexity index is 1210. The second kappa shape index (κ2) is 9.81. The molecule has 7 heteroatoms. The smallest absolute Gasteiger partial charge is 0.311 e. The molecule has 0 N–H and O–H groups in total. The molecule has 6 nitrogen and oxygen atoms in total. The Morgan fingerprint density at radius 3 is 2.45 bits per heavy atom. The van der Waals surface area contributed by atoms with Crippen LogP contribution in [0.25, 0.3) is 10.8 Å². The summed E-state index contributed by atoms with van der Waals surface area (Å²) in [7, 11) is 1.58. The van der Waals surface area contributed by atoms with E-state index in [1.165, 1.54) is 18.2 Å². The highest BCUT2D eigenvalue weighted by Gasteiger charge is 2.31. The van der Waals surface area contributed by atoms with Crippen LogP contribution in [-0.4, -0.2) is 49.4 Å². The van der Waals surface area contributed by atoms with Crippen molar-refractivity contribution in [1.82, 2.24) is 4.90 Å². The van der Waals surface area contributed by atoms with Crippen LogP contribution in [0.3, 0.4) is 0 Å². The quantitative estimate of drug-likeness (QED) is 0.415. The number of methoxy groups -OCH3 is 1. The summed E-state index contributed by atoms with van der Waals surface area (Å²) in [5.41, 5.74) is 0.423. The molecular formula is C26H24FNO5. The Hall–Kier alpha value is -3.74. The number of carbonyl (C=O) groups excluding carboxylic acids is 3. The van der Waals surface area contributed by atoms with Crippen LogP contribution in [-0.2, 0) is 9.53 Å². The van der Waals surface area contributed by atoms with Crippen LogP contribution in [0.4, 0.5) is 4.39 Å². The first-order valence-corrected chi connectivity index (χ1v) is 10.8. The fraction of sp³-hybridized carbons (Fsp3) is 0.269. The molecule has 4 rings (SSSR count). The molecule has 33 heavy (non-hydrogen) atoms. The number of carbonyl (C=O) groups is 3. The molecule has 1 fully saturated rings. The average Bonchev–Trinajstić information content (AvgIpc) is 2.86. The first kappa shape index (κ1) is 22.5. The predicted molar refractivity (Wildman–Crippen MR) is 121 cm³/mol. The molecule has 0 bridgehead atoms. The summed E-state index contributed by atoms with van der Waals surface area (Å²) in [6.07, 6.45) is 1.20. The third-order valence-corrected chi connectivity index (χ3v) is 5.90. The fourth-order valence-corrected chi connectivity index (χ4v) is 4.18. The van der Waals surface area contributed by atoms with Crippen LogP contribution in [0.2, 0.25) is 0 Å². The number of likely N-dealkylation sites (tertiary alicyclic amines) is 1. The maximum atomic E-state index is 13.8. The minimum Gasteiger partial charge on any atom is -0.496 e. The van der Waals surface area contributed by atoms with Crippen molar-refractivity contribution < 1.29 is 28.2 Å². The van der Waals surface area contributed by atoms with Crippen LogP contribution in [0, 0.1) is 11.7 Å². The number of nitrogens with zero attached hydrogens (tertiary/aromatic N) is 1. The summed E-state index contributed by atoms with van der Waals surface area (Å²) in [5.74, 6) is -1.84. The molecule has 3 aromatic carbocycles. The number of piperidine rings is 1. The highest BCUT2D eigenvalue weighted by Crippen LogP contribution is 2.30. The van der Waals surface area contributed by atoms with Gasteiger partial charge in [-0.3, -0.25) is 14.4 Å². The molecule has 0 spiro atoms. The first-order chi connectivity index (χ1) is 16.0. The number of benzene rings is 3. The van der Waals surface area contributed by atoms with Gasteiger partial charge in [0.1, 0.15) is 11.6 Å². The lowest BCUT2D eigenvalue weighted by molar-refractivity contribution is -0.148. The molecule has 0 radical (unpaired) electrons. The first-order valence-electron chi connectivity index (χ1n) is 10.8. The molecule has 0 saturated carbocycles. The zero-order chi connectivity index (χ0) is 23.4. The lowest BCUT2D eigenvalue weighted by atomic mass is 9.96. The van der Waals surface area contributed by atoms with Gasteiger partial charge in [-0.2, -0.15) is 0 Å². The number of esters is 1. The molecule has 1 heterocycles. The van der Waals surface area contributed by atoms with Crippen molar-refractivity contribution in [2.75, 3.05) is 26.8 Å². The largest absolute Gasteiger partial charge is 0.496 e. The monoisotopic (exact) mass is 449 g/mol. The molecule has 3 aromatic rings. The molecule has 170 valence electrons. The second-order valence-corrected chi connectivity index (χ2v) is 7.96. The van der Waals surface area contributed by atoms with Crippen molar-refractivity contribution >= 4 is 28.4 Å². The van der Waals surface area contributed by atoms with Crippen molar-refractivity contribution in [3.63, 3.8) is 0 Å². The Kier molecular flexibility index (Phi) is 6.68. The van der Waals surface area contributed by atoms with Gasteiger partial charge in [0.05, 0.1) is 18.6 Å². The maximum Gasteiger partial charge on any atom is 0.311 e. The van der Waals surface area contributed by atoms with Crippen LogP contribution >= 0.6 is 0 Å². The summed E-state index contributed by atoms with van der Waals surface area (Å²) < 4.78 is 24.3. The lowest BCUT2D eigenvalue weighted by Crippen LogP contribution is -2.43. The van der Waals surface area contributed by atoms with Gasteiger partial charge >= 0.3 is 5.97 Å². The van der Waals surface area contributed by atoms with E-state index in [-0.39, 0.29) is 18.0 Å². The van der Waals surface area contributed by atoms with Gasteiger partial charge < -0.3 is 14.4 Å². The predicted octanol–water partition coefficient (Wildman–Crippen LogP) is 4.27. The Morgan fingerprint density at radius 2 is 1.70 bits per heavy atom. The highest BCUT2D eigenvalue weighted by atomic mass is 19.1. The van der Waals surface area contributed by atoms with Gasteiger partial charge in [0.2, 0.25) is 5.78 Å². The summed E-state index contributed by atoms with van der Waals surface area (Å²) in [5, 5.41) is 1.62. The maximum absolute atomic E-state index is 13.8. The van der Waals surface area contributed by atoms with E-state index in [4.69, 9.17) is 9.47 Å². The number of ether oxygens (including phenoxy) is 2. The van der Waals surface area contributed by atoms with Crippen LogP contribution in [0.1, 0.15) is 33.6 Å². The second-order valence-electron chi connectivity index (χ2n) is 7.96. The van der Waals surface area contributed by atoms with E-state index in [9.17, 15) is 18.8 Å². The zero-order valence-electron chi connectivity index (χ0n) is 18.3. The topological polar surface area (TPSA) is 72.9 Å². The van der Waals surface area contributed by atoms with E-state index in [1.54, 1.807) is 30.2 Å². The normalized spacial score (nSPS) is 15.8. The van der Waals surface area contributed by atoms with Gasteiger partial charge in [-0.05, 0) is 42.5 Å². The van der Waals surface area contributed by atoms with Crippen LogP contribution < -0.4 is 4.74 Å². The molecule has 0 aliphatic carbocycles. The van der Waals surface area contributed by atoms with Gasteiger partial charge in [0, 0.05) is 24.0 Å². The van der Waals surface area contributed by atoms with Gasteiger partial charge in [-0.1, -0.05) is 36.4 Å². The van der Waals surface area contributed by atoms with Gasteiger partial charge in [0.25, 0.3) is 5.91 Å². The van der Waals surface area contributed by atoms with E-state index in [2.05, 4.69) is 0 Å². The van der Waals surface area contributed by atoms with Crippen molar-refractivity contribution in [3.8, 4) is 5.75 Å². The van der Waals surface area contributed by atoms with E-state index in [0.717, 1.165) is 10.8 Å². The summed E-state index contributed by atoms with van der Waals surface area (Å²) in [6, 6.07) is 16.6. The van der Waals surface area contributed by atoms with Crippen LogP contribution in [0.5, 0.6) is 5.75 Å². The minimum atomic E-state index is -0.653. The van der Waals surface area contributed by atoms with Crippen molar-refractivity contribution in [1.29, 1.82) is 0 Å². The van der Waals surface area contributed by atoms with E-state index < -0.39 is 30.1 Å². The van der Waals surface area contributed by atoms with Gasteiger partial charge in [0.15, 0.2) is 6.61 Å². The SMILES string of the molecule is COc1ccc(C(=O)N2CCC[C@H](C(=O)OCC(=O)c3ccccc3F)C2)c2ccccc12. The molecule has 0 unspecified atom stereocenters. The Balaban J connectivity index is 1.44. The van der Waals surface area contributed by atoms with Crippen LogP contribution in [0.15, 0.2) is 60.7 Å². The molecule has 1 atom stereocenters. The Labute approximate surface area is 190 Å². The molecule has 0 aromatic heterocycles. The molecule has 1 aliphatic rings. The number of rotatable bonds is 6. The number of amides is 1. The number of fused-ring (bicyclic) bond motifs is 1. The summed E-state index contributed by atoms with van der Waals surface area (Å²) >= 11 is 0. The summed E-state index contributed by atoms with van der Waals surface area (Å²) in [4.78, 5) is 39.7. The average molecular weight is 449 g/mol. The number of hydrogen-bond acceptors (Lipinski definition) is 5. The number of ketones is 1. The molecule has 1 aliphatic heterocycles. The highest BCUT2D eigenvalue weighted by molar-refractivity contribution is 6.08. The third kappa shape index (κ3) is 4.72. The number of halogens is 1. The number of Topliss-reactive ketones (excluding diaryl/α,β-unsaturated/α-hetero) is 1. The third-order valence-electron chi connectivity index (χ3n) is 5.90. The van der Waals surface area contributed by atoms with Crippen molar-refractivity contribution in [3.05, 3.63) is 77.6 Å². The number of hydrogen-bond donors (Lipinski definition) is 0. The van der Waals surface area contributed by atoms with Gasteiger partial charge in [-0.15, -0.1) is 0 Å². The lowest BCUT2D eigenvalue weighted by Gasteiger charge is -2.32. The molecular weight excluding hydrogens is 425 g/mol. The van der Waals surface area contributed by atoms with E-state index >= 15 is 0 Å². The fourth-order valence-electron chi connectivity index (χ4n) is 4.18. The van der Waals surface area contributed by atoms with Gasteiger partial charge in [-0.25, -0.2) is 4.39 Å². The molecule has 1 saturated heterocycles. The zero-order valence-corrected chi connectivity index (χ0v) is 18.3. The van der Waals surface area contributed by atoms with Crippen molar-refractivity contribution in [2.24, 2.45) is 5.92 Å². The summed E-state index contributed by atoms with van der Waals surface area (Å²) in [6.45, 7) is 0.191. The van der Waals surface area contributed by atoms with Crippen molar-refractivity contribution in [2.45, 2.75) is 12.8 Å². The minimum absolute atomic E-state index is 0.114. The molecule has 1 amide bonds. The van der Waals surface area contributed by atoms with E-state index in [0.29, 0.717) is 30.7 Å². The Morgan fingerprint density at radius 1 is 0.970 bits per heavy atom.